The van der Waals surface area contributed by atoms with Crippen molar-refractivity contribution in [2.45, 2.75) is 37.0 Å². The summed E-state index contributed by atoms with van der Waals surface area (Å²) in [6.07, 6.45) is 9.57. The maximum Gasteiger partial charge on any atom is 0.137 e. The van der Waals surface area contributed by atoms with E-state index in [1.54, 1.807) is 18.1 Å². The van der Waals surface area contributed by atoms with Gasteiger partial charge in [-0.15, -0.1) is 11.3 Å². The van der Waals surface area contributed by atoms with E-state index < -0.39 is 0 Å². The first-order valence-electron chi connectivity index (χ1n) is 8.10. The lowest BCUT2D eigenvalue weighted by molar-refractivity contribution is 0.915. The Morgan fingerprint density at radius 3 is 3.12 bits per heavy atom. The van der Waals surface area contributed by atoms with Gasteiger partial charge in [-0.1, -0.05) is 17.8 Å². The predicted molar refractivity (Wildman–Crippen MR) is 98.9 cm³/mol. The molecule has 4 nitrogen and oxygen atoms in total. The van der Waals surface area contributed by atoms with Crippen molar-refractivity contribution in [3.05, 3.63) is 52.6 Å². The summed E-state index contributed by atoms with van der Waals surface area (Å²) in [6.45, 7) is 2.10. The van der Waals surface area contributed by atoms with E-state index >= 15 is 0 Å². The van der Waals surface area contributed by atoms with Crippen molar-refractivity contribution in [3.63, 3.8) is 0 Å². The van der Waals surface area contributed by atoms with Crippen LogP contribution in [0, 0.1) is 6.92 Å². The van der Waals surface area contributed by atoms with E-state index in [1.165, 1.54) is 40.7 Å². The summed E-state index contributed by atoms with van der Waals surface area (Å²) in [5, 5.41) is 2.40. The zero-order valence-electron chi connectivity index (χ0n) is 13.3. The molecular formula is C18H16N4S2. The summed E-state index contributed by atoms with van der Waals surface area (Å²) in [5.41, 5.74) is 4.82. The molecule has 0 bridgehead atoms. The average Bonchev–Trinajstić information content (AvgIpc) is 3.25. The van der Waals surface area contributed by atoms with Crippen LogP contribution in [-0.2, 0) is 18.6 Å². The molecule has 0 N–H and O–H groups in total. The monoisotopic (exact) mass is 352 g/mol. The fourth-order valence-corrected chi connectivity index (χ4v) is 5.58. The maximum absolute atomic E-state index is 4.71. The van der Waals surface area contributed by atoms with Crippen LogP contribution in [0.5, 0.6) is 0 Å². The third-order valence-corrected chi connectivity index (χ3v) is 6.70. The van der Waals surface area contributed by atoms with Gasteiger partial charge < -0.3 is 4.40 Å². The van der Waals surface area contributed by atoms with Gasteiger partial charge in [0, 0.05) is 28.4 Å². The van der Waals surface area contributed by atoms with Gasteiger partial charge in [-0.25, -0.2) is 15.0 Å². The minimum Gasteiger partial charge on any atom is -0.307 e. The second-order valence-corrected chi connectivity index (χ2v) is 8.26. The van der Waals surface area contributed by atoms with E-state index in [4.69, 9.17) is 4.98 Å². The molecule has 0 unspecified atom stereocenters. The van der Waals surface area contributed by atoms with Crippen molar-refractivity contribution in [1.82, 2.24) is 19.4 Å². The van der Waals surface area contributed by atoms with E-state index in [2.05, 4.69) is 45.8 Å². The fourth-order valence-electron chi connectivity index (χ4n) is 3.38. The summed E-state index contributed by atoms with van der Waals surface area (Å²) in [7, 11) is 0. The van der Waals surface area contributed by atoms with Gasteiger partial charge in [0.2, 0.25) is 0 Å². The van der Waals surface area contributed by atoms with E-state index in [0.29, 0.717) is 0 Å². The zero-order valence-corrected chi connectivity index (χ0v) is 15.0. The number of rotatable bonds is 3. The lowest BCUT2D eigenvalue weighted by Gasteiger charge is -2.02. The van der Waals surface area contributed by atoms with Gasteiger partial charge in [-0.2, -0.15) is 0 Å². The normalized spacial score (nSPS) is 13.9. The molecule has 120 valence electrons. The summed E-state index contributed by atoms with van der Waals surface area (Å²) < 4.78 is 2.10. The number of aromatic nitrogens is 4. The second kappa shape index (κ2) is 5.57. The summed E-state index contributed by atoms with van der Waals surface area (Å²) >= 11 is 3.62. The van der Waals surface area contributed by atoms with Crippen molar-refractivity contribution in [1.29, 1.82) is 0 Å². The van der Waals surface area contributed by atoms with Crippen molar-refractivity contribution in [2.24, 2.45) is 0 Å². The molecule has 0 aliphatic heterocycles. The zero-order chi connectivity index (χ0) is 16.1. The third-order valence-electron chi connectivity index (χ3n) is 4.47. The second-order valence-electron chi connectivity index (χ2n) is 6.21. The Bertz CT molecular complexity index is 1060. The smallest absolute Gasteiger partial charge is 0.137 e. The summed E-state index contributed by atoms with van der Waals surface area (Å²) in [5.74, 6) is 0.831. The number of pyridine rings is 1. The van der Waals surface area contributed by atoms with Gasteiger partial charge in [0.1, 0.15) is 21.8 Å². The number of nitrogens with zero attached hydrogens (tertiary/aromatic N) is 4. The molecule has 0 amide bonds. The maximum atomic E-state index is 4.71. The molecule has 4 heterocycles. The fraction of sp³-hybridized carbons (Fsp3) is 0.278. The average molecular weight is 352 g/mol. The van der Waals surface area contributed by atoms with E-state index in [0.717, 1.165) is 27.0 Å². The minimum atomic E-state index is 0.831. The van der Waals surface area contributed by atoms with Gasteiger partial charge in [0.25, 0.3) is 0 Å². The number of hydrogen-bond donors (Lipinski definition) is 0. The quantitative estimate of drug-likeness (QED) is 0.404. The molecule has 1 aliphatic rings. The van der Waals surface area contributed by atoms with Crippen LogP contribution in [0.3, 0.4) is 0 Å². The number of thioether (sulfide) groups is 1. The van der Waals surface area contributed by atoms with Crippen LogP contribution in [0.2, 0.25) is 0 Å². The summed E-state index contributed by atoms with van der Waals surface area (Å²) in [4.78, 5) is 16.4. The Morgan fingerprint density at radius 1 is 1.21 bits per heavy atom. The van der Waals surface area contributed by atoms with Crippen LogP contribution in [-0.4, -0.2) is 19.4 Å². The molecular weight excluding hydrogens is 336 g/mol. The summed E-state index contributed by atoms with van der Waals surface area (Å²) in [6, 6.07) is 4.17. The Morgan fingerprint density at radius 2 is 2.17 bits per heavy atom. The molecule has 0 aromatic carbocycles. The van der Waals surface area contributed by atoms with Crippen LogP contribution in [0.4, 0.5) is 0 Å². The van der Waals surface area contributed by atoms with Gasteiger partial charge in [-0.3, -0.25) is 0 Å². The lowest BCUT2D eigenvalue weighted by Crippen LogP contribution is -1.88. The van der Waals surface area contributed by atoms with Crippen LogP contribution >= 0.6 is 23.1 Å². The molecule has 0 saturated heterocycles. The van der Waals surface area contributed by atoms with E-state index in [9.17, 15) is 0 Å². The number of fused-ring (bicyclic) bond motifs is 4. The Labute approximate surface area is 148 Å². The number of thiophene rings is 1. The predicted octanol–water partition coefficient (Wildman–Crippen LogP) is 4.43. The van der Waals surface area contributed by atoms with Crippen molar-refractivity contribution in [2.75, 3.05) is 0 Å². The number of hydrogen-bond acceptors (Lipinski definition) is 5. The lowest BCUT2D eigenvalue weighted by atomic mass is 10.2. The number of imidazole rings is 1. The molecule has 5 rings (SSSR count). The highest BCUT2D eigenvalue weighted by molar-refractivity contribution is 7.98. The van der Waals surface area contributed by atoms with Crippen molar-refractivity contribution < 1.29 is 0 Å². The SMILES string of the molecule is Cc1ccc2nc(CSc3ncnc4sc5c(c34)CCC5)cn2c1. The van der Waals surface area contributed by atoms with E-state index in [1.807, 2.05) is 11.3 Å². The molecule has 6 heteroatoms. The third kappa shape index (κ3) is 2.32. The van der Waals surface area contributed by atoms with Crippen LogP contribution in [0.25, 0.3) is 15.9 Å². The first-order chi connectivity index (χ1) is 11.8. The molecule has 0 spiro atoms. The highest BCUT2D eigenvalue weighted by Crippen LogP contribution is 2.40. The van der Waals surface area contributed by atoms with Crippen LogP contribution in [0.15, 0.2) is 35.9 Å². The van der Waals surface area contributed by atoms with Crippen molar-refractivity contribution >= 4 is 39.0 Å². The minimum absolute atomic E-state index is 0.831. The Hall–Kier alpha value is -1.92. The van der Waals surface area contributed by atoms with Gasteiger partial charge in [0.15, 0.2) is 0 Å². The van der Waals surface area contributed by atoms with Crippen molar-refractivity contribution in [3.8, 4) is 0 Å². The number of aryl methyl sites for hydroxylation is 3. The highest BCUT2D eigenvalue weighted by Gasteiger charge is 2.21. The van der Waals surface area contributed by atoms with Crippen LogP contribution in [0.1, 0.15) is 28.1 Å². The van der Waals surface area contributed by atoms with Gasteiger partial charge in [-0.05, 0) is 43.4 Å². The Kier molecular flexibility index (Phi) is 3.35. The molecule has 0 saturated carbocycles. The van der Waals surface area contributed by atoms with E-state index in [-0.39, 0.29) is 0 Å². The molecule has 24 heavy (non-hydrogen) atoms. The molecule has 1 aliphatic carbocycles. The topological polar surface area (TPSA) is 43.1 Å². The molecule has 4 aromatic rings. The standard InChI is InChI=1S/C18H16N4S2/c1-11-5-6-15-21-12(8-22(15)7-11)9-23-17-16-13-3-2-4-14(13)24-18(16)20-10-19-17/h5-8,10H,2-4,9H2,1H3. The molecule has 0 fully saturated rings. The first kappa shape index (κ1) is 14.4. The van der Waals surface area contributed by atoms with Gasteiger partial charge in [0.05, 0.1) is 5.69 Å². The largest absolute Gasteiger partial charge is 0.307 e. The molecule has 0 radical (unpaired) electrons. The highest BCUT2D eigenvalue weighted by atomic mass is 32.2. The Balaban J connectivity index is 1.48. The first-order valence-corrected chi connectivity index (χ1v) is 9.90. The van der Waals surface area contributed by atoms with Crippen LogP contribution < -0.4 is 0 Å². The van der Waals surface area contributed by atoms with Gasteiger partial charge >= 0.3 is 0 Å². The molecule has 0 atom stereocenters. The molecule has 4 aromatic heterocycles.